The van der Waals surface area contributed by atoms with Crippen molar-refractivity contribution in [2.24, 2.45) is 0 Å². The molecule has 0 saturated carbocycles. The zero-order chi connectivity index (χ0) is 22.5. The Labute approximate surface area is 199 Å². The van der Waals surface area contributed by atoms with Crippen LogP contribution in [-0.2, 0) is 0 Å². The number of hydrogen-bond donors (Lipinski definition) is 0. The van der Waals surface area contributed by atoms with E-state index in [0.717, 1.165) is 24.3 Å². The van der Waals surface area contributed by atoms with Crippen molar-refractivity contribution in [3.05, 3.63) is 74.3 Å². The number of fused-ring (bicyclic) bond motifs is 3. The predicted octanol–water partition coefficient (Wildman–Crippen LogP) is 4.74. The molecule has 3 aromatic heterocycles. The summed E-state index contributed by atoms with van der Waals surface area (Å²) in [5, 5.41) is 3.69. The van der Waals surface area contributed by atoms with Gasteiger partial charge in [0, 0.05) is 23.0 Å². The van der Waals surface area contributed by atoms with Crippen LogP contribution in [0, 0.1) is 0 Å². The molecule has 168 valence electrons. The molecule has 0 N–H and O–H groups in total. The largest absolute Gasteiger partial charge is 0.490 e. The molecule has 2 fully saturated rings. The minimum absolute atomic E-state index is 0.0750. The van der Waals surface area contributed by atoms with Crippen molar-refractivity contribution >= 4 is 38.7 Å². The molecule has 2 saturated heterocycles. The highest BCUT2D eigenvalue weighted by atomic mass is 32.1. The average molecular weight is 478 g/mol. The van der Waals surface area contributed by atoms with Crippen LogP contribution in [0.5, 0.6) is 5.75 Å². The maximum atomic E-state index is 13.2. The highest BCUT2D eigenvalue weighted by molar-refractivity contribution is 7.21. The minimum atomic E-state index is -0.171. The van der Waals surface area contributed by atoms with Gasteiger partial charge < -0.3 is 9.64 Å². The van der Waals surface area contributed by atoms with E-state index >= 15 is 0 Å². The number of carbonyl (C=O) groups is 1. The zero-order valence-corrected chi connectivity index (χ0v) is 19.8. The number of rotatable bonds is 5. The Balaban J connectivity index is 1.23. The lowest BCUT2D eigenvalue weighted by molar-refractivity contribution is 0.0661. The third kappa shape index (κ3) is 3.72. The van der Waals surface area contributed by atoms with E-state index in [0.29, 0.717) is 32.7 Å². The quantitative estimate of drug-likeness (QED) is 0.389. The van der Waals surface area contributed by atoms with E-state index in [9.17, 15) is 9.59 Å². The fraction of sp³-hybridized carbons (Fsp3) is 0.320. The van der Waals surface area contributed by atoms with Crippen molar-refractivity contribution < 1.29 is 9.53 Å². The number of thiophene rings is 2. The molecule has 2 aliphatic rings. The maximum Gasteiger partial charge on any atom is 0.275 e. The molecular formula is C25H23N3O3S2. The summed E-state index contributed by atoms with van der Waals surface area (Å²) in [5.41, 5.74) is 1.75. The highest BCUT2D eigenvalue weighted by Crippen LogP contribution is 2.36. The van der Waals surface area contributed by atoms with E-state index in [1.165, 1.54) is 46.4 Å². The summed E-state index contributed by atoms with van der Waals surface area (Å²) in [5.74, 6) is 0.753. The molecule has 2 bridgehead atoms. The summed E-state index contributed by atoms with van der Waals surface area (Å²) in [7, 11) is 2.23. The first-order valence-corrected chi connectivity index (χ1v) is 12.9. The molecule has 3 atom stereocenters. The third-order valence-corrected chi connectivity index (χ3v) is 8.71. The Morgan fingerprint density at radius 1 is 1.12 bits per heavy atom. The molecule has 4 aromatic rings. The zero-order valence-electron chi connectivity index (χ0n) is 18.1. The van der Waals surface area contributed by atoms with E-state index in [1.54, 1.807) is 12.1 Å². The van der Waals surface area contributed by atoms with E-state index in [1.807, 2.05) is 35.0 Å². The summed E-state index contributed by atoms with van der Waals surface area (Å²) in [6.45, 7) is 0. The van der Waals surface area contributed by atoms with Crippen molar-refractivity contribution in [1.29, 1.82) is 0 Å². The van der Waals surface area contributed by atoms with Gasteiger partial charge in [-0.2, -0.15) is 11.3 Å². The van der Waals surface area contributed by atoms with Gasteiger partial charge in [0.05, 0.1) is 16.1 Å². The Morgan fingerprint density at radius 3 is 2.58 bits per heavy atom. The highest BCUT2D eigenvalue weighted by Gasteiger charge is 2.39. The van der Waals surface area contributed by atoms with Crippen LogP contribution in [0.2, 0.25) is 0 Å². The van der Waals surface area contributed by atoms with Gasteiger partial charge >= 0.3 is 0 Å². The number of nitrogens with zero attached hydrogens (tertiary/aromatic N) is 3. The lowest BCUT2D eigenvalue weighted by Gasteiger charge is -2.36. The Morgan fingerprint density at radius 2 is 1.88 bits per heavy atom. The Kier molecular flexibility index (Phi) is 5.16. The molecule has 0 amide bonds. The van der Waals surface area contributed by atoms with E-state index in [-0.39, 0.29) is 17.4 Å². The number of piperidine rings is 1. The molecule has 5 heterocycles. The fourth-order valence-electron chi connectivity index (χ4n) is 5.08. The average Bonchev–Trinajstić information content (AvgIpc) is 3.54. The number of ketones is 1. The van der Waals surface area contributed by atoms with Crippen molar-refractivity contribution in [1.82, 2.24) is 14.5 Å². The van der Waals surface area contributed by atoms with Crippen molar-refractivity contribution in [2.75, 3.05) is 7.05 Å². The van der Waals surface area contributed by atoms with Gasteiger partial charge in [-0.15, -0.1) is 11.3 Å². The lowest BCUT2D eigenvalue weighted by Crippen LogP contribution is -2.43. The molecule has 0 spiro atoms. The van der Waals surface area contributed by atoms with Gasteiger partial charge in [-0.3, -0.25) is 14.2 Å². The molecule has 0 aliphatic carbocycles. The number of hydrogen-bond acceptors (Lipinski definition) is 7. The van der Waals surface area contributed by atoms with Crippen LogP contribution in [-0.4, -0.2) is 45.5 Å². The molecule has 1 unspecified atom stereocenters. The van der Waals surface area contributed by atoms with Gasteiger partial charge in [0.2, 0.25) is 5.78 Å². The normalized spacial score (nSPS) is 22.6. The number of benzene rings is 1. The smallest absolute Gasteiger partial charge is 0.275 e. The second-order valence-electron chi connectivity index (χ2n) is 8.84. The molecule has 2 aliphatic heterocycles. The second-order valence-corrected chi connectivity index (χ2v) is 10.7. The van der Waals surface area contributed by atoms with Crippen molar-refractivity contribution in [3.63, 3.8) is 0 Å². The van der Waals surface area contributed by atoms with Gasteiger partial charge in [-0.05, 0) is 74.5 Å². The lowest BCUT2D eigenvalue weighted by atomic mass is 10.0. The molecule has 0 radical (unpaired) electrons. The molecular weight excluding hydrogens is 454 g/mol. The van der Waals surface area contributed by atoms with Crippen LogP contribution in [0.4, 0.5) is 0 Å². The van der Waals surface area contributed by atoms with E-state index in [2.05, 4.69) is 16.9 Å². The molecule has 1 aromatic carbocycles. The van der Waals surface area contributed by atoms with Gasteiger partial charge in [0.25, 0.3) is 5.56 Å². The van der Waals surface area contributed by atoms with Crippen LogP contribution < -0.4 is 10.3 Å². The number of ether oxygens (including phenoxy) is 1. The fourth-order valence-corrected chi connectivity index (χ4v) is 6.72. The SMILES string of the molecule is CN1[C@@H]2CC[C@H]1CC(Oc1ccc(-n3cnc4cc(C(=O)c5ccsc5)sc4c3=O)cc1)C2. The minimum Gasteiger partial charge on any atom is -0.490 e. The summed E-state index contributed by atoms with van der Waals surface area (Å²) < 4.78 is 8.29. The molecule has 6 nitrogen and oxygen atoms in total. The summed E-state index contributed by atoms with van der Waals surface area (Å²) in [6, 6.07) is 12.4. The van der Waals surface area contributed by atoms with Crippen LogP contribution >= 0.6 is 22.7 Å². The maximum absolute atomic E-state index is 13.2. The summed E-state index contributed by atoms with van der Waals surface area (Å²) in [4.78, 5) is 33.3. The van der Waals surface area contributed by atoms with Crippen LogP contribution in [0.25, 0.3) is 15.9 Å². The third-order valence-electron chi connectivity index (χ3n) is 6.92. The summed E-state index contributed by atoms with van der Waals surface area (Å²) >= 11 is 2.68. The van der Waals surface area contributed by atoms with Gasteiger partial charge in [-0.25, -0.2) is 4.98 Å². The number of aromatic nitrogens is 2. The van der Waals surface area contributed by atoms with Gasteiger partial charge in [0.15, 0.2) is 0 Å². The van der Waals surface area contributed by atoms with Gasteiger partial charge in [-0.1, -0.05) is 0 Å². The predicted molar refractivity (Wildman–Crippen MR) is 131 cm³/mol. The molecule has 6 rings (SSSR count). The second kappa shape index (κ2) is 8.20. The Bertz CT molecular complexity index is 1360. The van der Waals surface area contributed by atoms with Crippen LogP contribution in [0.15, 0.2) is 58.3 Å². The first kappa shape index (κ1) is 20.8. The Hall–Kier alpha value is -2.81. The van der Waals surface area contributed by atoms with Crippen molar-refractivity contribution in [2.45, 2.75) is 43.9 Å². The van der Waals surface area contributed by atoms with E-state index < -0.39 is 0 Å². The standard InChI is InChI=1S/C25H23N3O3S2/c1-27-17-2-3-18(27)11-20(10-17)31-19-6-4-16(5-7-19)28-14-26-21-12-22(33-24(21)25(28)30)23(29)15-8-9-32-13-15/h4-9,12-14,17-18,20H,2-3,10-11H2,1H3/t17-,18+,20?. The van der Waals surface area contributed by atoms with Crippen LogP contribution in [0.1, 0.15) is 40.9 Å². The first-order valence-electron chi connectivity index (χ1n) is 11.1. The topological polar surface area (TPSA) is 64.4 Å². The molecule has 8 heteroatoms. The van der Waals surface area contributed by atoms with Crippen LogP contribution in [0.3, 0.4) is 0 Å². The molecule has 33 heavy (non-hydrogen) atoms. The van der Waals surface area contributed by atoms with Crippen molar-refractivity contribution in [3.8, 4) is 11.4 Å². The van der Waals surface area contributed by atoms with Gasteiger partial charge in [0.1, 0.15) is 22.9 Å². The monoisotopic (exact) mass is 477 g/mol. The van der Waals surface area contributed by atoms with E-state index in [4.69, 9.17) is 4.74 Å². The number of carbonyl (C=O) groups excluding carboxylic acids is 1. The summed E-state index contributed by atoms with van der Waals surface area (Å²) in [6.07, 6.45) is 6.44. The first-order chi connectivity index (χ1) is 16.1.